The van der Waals surface area contributed by atoms with Crippen LogP contribution in [-0.4, -0.2) is 20.3 Å². The van der Waals surface area contributed by atoms with Gasteiger partial charge in [0.2, 0.25) is 0 Å². The highest BCUT2D eigenvalue weighted by Crippen LogP contribution is 2.34. The predicted octanol–water partition coefficient (Wildman–Crippen LogP) is 3.10. The third-order valence-corrected chi connectivity index (χ3v) is 3.64. The van der Waals surface area contributed by atoms with Gasteiger partial charge in [0.1, 0.15) is 5.75 Å². The van der Waals surface area contributed by atoms with Gasteiger partial charge in [-0.25, -0.2) is 4.39 Å². The van der Waals surface area contributed by atoms with Crippen LogP contribution in [0.4, 0.5) is 4.39 Å². The molecule has 3 rings (SSSR count). The Morgan fingerprint density at radius 3 is 2.95 bits per heavy atom. The zero-order valence-electron chi connectivity index (χ0n) is 11.9. The molecule has 1 heterocycles. The molecule has 2 aromatic rings. The number of hydrogen-bond donors (Lipinski definition) is 1. The molecule has 21 heavy (non-hydrogen) atoms. The van der Waals surface area contributed by atoms with Crippen molar-refractivity contribution >= 4 is 0 Å². The molecule has 0 aromatic heterocycles. The second-order valence-corrected chi connectivity index (χ2v) is 5.12. The van der Waals surface area contributed by atoms with Gasteiger partial charge in [0.05, 0.1) is 19.1 Å². The molecule has 0 aliphatic carbocycles. The van der Waals surface area contributed by atoms with Crippen LogP contribution in [0.25, 0.3) is 0 Å². The summed E-state index contributed by atoms with van der Waals surface area (Å²) in [5, 5.41) is 3.02. The predicted molar refractivity (Wildman–Crippen MR) is 79.3 cm³/mol. The van der Waals surface area contributed by atoms with Gasteiger partial charge in [-0.15, -0.1) is 0 Å². The Hall–Kier alpha value is -2.07. The number of rotatable bonds is 5. The van der Waals surface area contributed by atoms with E-state index in [4.69, 9.17) is 9.47 Å². The summed E-state index contributed by atoms with van der Waals surface area (Å²) in [6, 6.07) is 12.9. The first-order valence-electron chi connectivity index (χ1n) is 7.06. The molecular formula is C17H18FNO2. The summed E-state index contributed by atoms with van der Waals surface area (Å²) >= 11 is 0. The smallest absolute Gasteiger partial charge is 0.165 e. The van der Waals surface area contributed by atoms with Gasteiger partial charge in [-0.2, -0.15) is 0 Å². The van der Waals surface area contributed by atoms with Crippen molar-refractivity contribution in [1.29, 1.82) is 0 Å². The van der Waals surface area contributed by atoms with Crippen LogP contribution in [-0.2, 0) is 6.54 Å². The van der Waals surface area contributed by atoms with E-state index in [0.29, 0.717) is 25.5 Å². The molecule has 4 heteroatoms. The van der Waals surface area contributed by atoms with E-state index >= 15 is 0 Å². The maximum absolute atomic E-state index is 14.0. The summed E-state index contributed by atoms with van der Waals surface area (Å²) in [5.74, 6) is 1.05. The Morgan fingerprint density at radius 2 is 2.10 bits per heavy atom. The fraction of sp³-hybridized carbons (Fsp3) is 0.294. The first-order chi connectivity index (χ1) is 10.3. The molecule has 0 saturated carbocycles. The van der Waals surface area contributed by atoms with Crippen LogP contribution in [0.2, 0.25) is 0 Å². The lowest BCUT2D eigenvalue weighted by atomic mass is 10.0. The van der Waals surface area contributed by atoms with Gasteiger partial charge in [0.15, 0.2) is 11.6 Å². The SMILES string of the molecule is CNCc1cccc(F)c1OCC1COc2ccccc21. The van der Waals surface area contributed by atoms with E-state index in [1.54, 1.807) is 6.07 Å². The molecule has 1 aliphatic rings. The molecule has 0 spiro atoms. The summed E-state index contributed by atoms with van der Waals surface area (Å²) < 4.78 is 25.3. The van der Waals surface area contributed by atoms with Gasteiger partial charge < -0.3 is 14.8 Å². The zero-order valence-corrected chi connectivity index (χ0v) is 11.9. The standard InChI is InChI=1S/C17H18FNO2/c1-19-9-12-5-4-7-15(18)17(12)21-11-13-10-20-16-8-3-2-6-14(13)16/h2-8,13,19H,9-11H2,1H3. The third kappa shape index (κ3) is 2.85. The van der Waals surface area contributed by atoms with E-state index in [2.05, 4.69) is 5.32 Å². The zero-order chi connectivity index (χ0) is 14.7. The highest BCUT2D eigenvalue weighted by molar-refractivity contribution is 5.40. The summed E-state index contributed by atoms with van der Waals surface area (Å²) in [6.45, 7) is 1.56. The minimum Gasteiger partial charge on any atom is -0.493 e. The van der Waals surface area contributed by atoms with E-state index in [1.165, 1.54) is 6.07 Å². The largest absolute Gasteiger partial charge is 0.493 e. The molecule has 3 nitrogen and oxygen atoms in total. The average molecular weight is 287 g/mol. The van der Waals surface area contributed by atoms with Gasteiger partial charge >= 0.3 is 0 Å². The average Bonchev–Trinajstić information content (AvgIpc) is 2.90. The van der Waals surface area contributed by atoms with Crippen LogP contribution in [0.3, 0.4) is 0 Å². The molecule has 0 fully saturated rings. The van der Waals surface area contributed by atoms with Crippen molar-refractivity contribution in [2.45, 2.75) is 12.5 Å². The Kier molecular flexibility index (Phi) is 4.06. The van der Waals surface area contributed by atoms with Crippen molar-refractivity contribution in [2.75, 3.05) is 20.3 Å². The molecule has 1 N–H and O–H groups in total. The summed E-state index contributed by atoms with van der Waals surface area (Å²) in [5.41, 5.74) is 1.95. The Bertz CT molecular complexity index is 630. The number of ether oxygens (including phenoxy) is 2. The Labute approximate surface area is 123 Å². The molecular weight excluding hydrogens is 269 g/mol. The molecule has 1 aliphatic heterocycles. The van der Waals surface area contributed by atoms with Crippen molar-refractivity contribution in [1.82, 2.24) is 5.32 Å². The lowest BCUT2D eigenvalue weighted by Gasteiger charge is -2.15. The van der Waals surface area contributed by atoms with E-state index in [0.717, 1.165) is 16.9 Å². The van der Waals surface area contributed by atoms with Crippen LogP contribution in [0.1, 0.15) is 17.0 Å². The highest BCUT2D eigenvalue weighted by Gasteiger charge is 2.24. The fourth-order valence-electron chi connectivity index (χ4n) is 2.60. The van der Waals surface area contributed by atoms with Crippen LogP contribution >= 0.6 is 0 Å². The first kappa shape index (κ1) is 13.9. The molecule has 1 atom stereocenters. The summed E-state index contributed by atoms with van der Waals surface area (Å²) in [4.78, 5) is 0. The second kappa shape index (κ2) is 6.14. The van der Waals surface area contributed by atoms with E-state index < -0.39 is 0 Å². The minimum absolute atomic E-state index is 0.142. The van der Waals surface area contributed by atoms with Gasteiger partial charge in [0, 0.05) is 17.7 Å². The minimum atomic E-state index is -0.324. The van der Waals surface area contributed by atoms with E-state index in [9.17, 15) is 4.39 Å². The fourth-order valence-corrected chi connectivity index (χ4v) is 2.60. The maximum atomic E-state index is 14.0. The normalized spacial score (nSPS) is 16.4. The van der Waals surface area contributed by atoms with Crippen molar-refractivity contribution in [2.24, 2.45) is 0 Å². The summed E-state index contributed by atoms with van der Waals surface area (Å²) in [6.07, 6.45) is 0. The van der Waals surface area contributed by atoms with Crippen molar-refractivity contribution in [3.05, 3.63) is 59.4 Å². The van der Waals surface area contributed by atoms with Crippen molar-refractivity contribution in [3.8, 4) is 11.5 Å². The van der Waals surface area contributed by atoms with Crippen molar-refractivity contribution < 1.29 is 13.9 Å². The third-order valence-electron chi connectivity index (χ3n) is 3.64. The van der Waals surface area contributed by atoms with Crippen molar-refractivity contribution in [3.63, 3.8) is 0 Å². The van der Waals surface area contributed by atoms with E-state index in [1.807, 2.05) is 37.4 Å². The molecule has 110 valence electrons. The first-order valence-corrected chi connectivity index (χ1v) is 7.06. The van der Waals surface area contributed by atoms with Crippen LogP contribution < -0.4 is 14.8 Å². The topological polar surface area (TPSA) is 30.5 Å². The highest BCUT2D eigenvalue weighted by atomic mass is 19.1. The number of halogens is 1. The molecule has 0 bridgehead atoms. The van der Waals surface area contributed by atoms with Gasteiger partial charge in [0.25, 0.3) is 0 Å². The van der Waals surface area contributed by atoms with Gasteiger partial charge in [-0.3, -0.25) is 0 Å². The number of nitrogens with one attached hydrogen (secondary N) is 1. The molecule has 0 amide bonds. The Balaban J connectivity index is 1.74. The van der Waals surface area contributed by atoms with Gasteiger partial charge in [-0.05, 0) is 19.2 Å². The summed E-state index contributed by atoms with van der Waals surface area (Å²) in [7, 11) is 1.83. The number of benzene rings is 2. The monoisotopic (exact) mass is 287 g/mol. The second-order valence-electron chi connectivity index (χ2n) is 5.12. The lowest BCUT2D eigenvalue weighted by molar-refractivity contribution is 0.239. The number of fused-ring (bicyclic) bond motifs is 1. The number of hydrogen-bond acceptors (Lipinski definition) is 3. The lowest BCUT2D eigenvalue weighted by Crippen LogP contribution is -2.14. The Morgan fingerprint density at radius 1 is 1.24 bits per heavy atom. The molecule has 0 radical (unpaired) electrons. The van der Waals surface area contributed by atoms with Crippen LogP contribution in [0.15, 0.2) is 42.5 Å². The van der Waals surface area contributed by atoms with Gasteiger partial charge in [-0.1, -0.05) is 30.3 Å². The molecule has 0 saturated heterocycles. The molecule has 1 unspecified atom stereocenters. The number of para-hydroxylation sites is 2. The maximum Gasteiger partial charge on any atom is 0.165 e. The van der Waals surface area contributed by atoms with Crippen LogP contribution in [0, 0.1) is 5.82 Å². The molecule has 2 aromatic carbocycles. The quantitative estimate of drug-likeness (QED) is 0.916. The van der Waals surface area contributed by atoms with E-state index in [-0.39, 0.29) is 11.7 Å². The van der Waals surface area contributed by atoms with Crippen LogP contribution in [0.5, 0.6) is 11.5 Å².